The van der Waals surface area contributed by atoms with Crippen LogP contribution in [0, 0.1) is 10.1 Å². The zero-order valence-electron chi connectivity index (χ0n) is 8.09. The minimum Gasteiger partial charge on any atom is -0.403 e. The third kappa shape index (κ3) is 2.34. The summed E-state index contributed by atoms with van der Waals surface area (Å²) < 4.78 is 10.4. The Morgan fingerprint density at radius 1 is 1.60 bits per heavy atom. The van der Waals surface area contributed by atoms with Crippen LogP contribution in [0.15, 0.2) is 16.5 Å². The second kappa shape index (κ2) is 4.00. The van der Waals surface area contributed by atoms with Gasteiger partial charge in [0.15, 0.2) is 0 Å². The van der Waals surface area contributed by atoms with Gasteiger partial charge in [0.05, 0.1) is 12.2 Å². The molecule has 1 aliphatic carbocycles. The van der Waals surface area contributed by atoms with Crippen LogP contribution in [0.25, 0.3) is 0 Å². The zero-order chi connectivity index (χ0) is 10.8. The van der Waals surface area contributed by atoms with E-state index in [1.165, 1.54) is 6.07 Å². The summed E-state index contributed by atoms with van der Waals surface area (Å²) in [6.45, 7) is 0.269. The van der Waals surface area contributed by atoms with Gasteiger partial charge in [0.1, 0.15) is 17.3 Å². The topological polar surface area (TPSA) is 91.5 Å². The molecule has 0 aliphatic heterocycles. The standard InChI is InChI=1S/C9H12N2O4/c10-6-3-8(4-6)14-5-7-1-2-9(15-7)11(12)13/h1-2,6,8H,3-5,10H2. The van der Waals surface area contributed by atoms with E-state index in [9.17, 15) is 10.1 Å². The van der Waals surface area contributed by atoms with E-state index < -0.39 is 4.92 Å². The average Bonchev–Trinajstić information content (AvgIpc) is 2.59. The Labute approximate surface area is 86.2 Å². The van der Waals surface area contributed by atoms with Crippen molar-refractivity contribution in [2.24, 2.45) is 5.73 Å². The molecule has 2 N–H and O–H groups in total. The molecule has 0 aromatic carbocycles. The van der Waals surface area contributed by atoms with Crippen molar-refractivity contribution in [2.75, 3.05) is 0 Å². The molecule has 2 rings (SSSR count). The molecule has 1 fully saturated rings. The molecule has 1 saturated carbocycles. The fraction of sp³-hybridized carbons (Fsp3) is 0.556. The van der Waals surface area contributed by atoms with Crippen LogP contribution >= 0.6 is 0 Å². The van der Waals surface area contributed by atoms with Gasteiger partial charge in [0.2, 0.25) is 0 Å². The van der Waals surface area contributed by atoms with Crippen LogP contribution in [-0.2, 0) is 11.3 Å². The summed E-state index contributed by atoms with van der Waals surface area (Å²) in [5.41, 5.74) is 5.59. The van der Waals surface area contributed by atoms with Gasteiger partial charge in [-0.05, 0) is 18.9 Å². The molecular formula is C9H12N2O4. The minimum atomic E-state index is -0.567. The number of rotatable bonds is 4. The molecule has 0 atom stereocenters. The number of ether oxygens (including phenoxy) is 1. The SMILES string of the molecule is NC1CC(OCc2ccc([N+](=O)[O-])o2)C1. The number of furan rings is 1. The van der Waals surface area contributed by atoms with Gasteiger partial charge in [-0.1, -0.05) is 0 Å². The van der Waals surface area contributed by atoms with Crippen LogP contribution in [0.4, 0.5) is 5.88 Å². The smallest absolute Gasteiger partial charge is 0.403 e. The van der Waals surface area contributed by atoms with Crippen molar-refractivity contribution in [1.29, 1.82) is 0 Å². The first-order chi connectivity index (χ1) is 7.15. The molecule has 15 heavy (non-hydrogen) atoms. The summed E-state index contributed by atoms with van der Waals surface area (Å²) in [5.74, 6) is 0.223. The average molecular weight is 212 g/mol. The maximum Gasteiger partial charge on any atom is 0.433 e. The molecule has 0 unspecified atom stereocenters. The van der Waals surface area contributed by atoms with Gasteiger partial charge in [0, 0.05) is 6.04 Å². The lowest BCUT2D eigenvalue weighted by atomic mass is 9.90. The van der Waals surface area contributed by atoms with Crippen LogP contribution in [0.2, 0.25) is 0 Å². The zero-order valence-corrected chi connectivity index (χ0v) is 8.09. The summed E-state index contributed by atoms with van der Waals surface area (Å²) in [6, 6.07) is 3.11. The number of nitrogens with two attached hydrogens (primary N) is 1. The number of hydrogen-bond acceptors (Lipinski definition) is 5. The van der Waals surface area contributed by atoms with Crippen LogP contribution in [-0.4, -0.2) is 17.1 Å². The summed E-state index contributed by atoms with van der Waals surface area (Å²) in [7, 11) is 0. The van der Waals surface area contributed by atoms with Gasteiger partial charge in [-0.3, -0.25) is 10.1 Å². The van der Waals surface area contributed by atoms with E-state index in [0.717, 1.165) is 12.8 Å². The Bertz CT molecular complexity index is 357. The van der Waals surface area contributed by atoms with E-state index in [4.69, 9.17) is 14.9 Å². The van der Waals surface area contributed by atoms with Crippen molar-refractivity contribution in [3.8, 4) is 0 Å². The summed E-state index contributed by atoms with van der Waals surface area (Å²) >= 11 is 0. The molecule has 0 radical (unpaired) electrons. The second-order valence-electron chi connectivity index (χ2n) is 3.66. The predicted octanol–water partition coefficient (Wildman–Crippen LogP) is 1.19. The highest BCUT2D eigenvalue weighted by molar-refractivity contribution is 5.17. The molecule has 6 heteroatoms. The molecule has 0 bridgehead atoms. The Morgan fingerprint density at radius 3 is 2.87 bits per heavy atom. The van der Waals surface area contributed by atoms with Gasteiger partial charge in [-0.25, -0.2) is 0 Å². The monoisotopic (exact) mass is 212 g/mol. The predicted molar refractivity (Wildman–Crippen MR) is 51.1 cm³/mol. The fourth-order valence-electron chi connectivity index (χ4n) is 1.48. The van der Waals surface area contributed by atoms with E-state index >= 15 is 0 Å². The van der Waals surface area contributed by atoms with Crippen LogP contribution in [0.5, 0.6) is 0 Å². The van der Waals surface area contributed by atoms with E-state index in [2.05, 4.69) is 0 Å². The van der Waals surface area contributed by atoms with E-state index in [-0.39, 0.29) is 24.6 Å². The molecule has 1 heterocycles. The lowest BCUT2D eigenvalue weighted by Gasteiger charge is -2.31. The van der Waals surface area contributed by atoms with Crippen molar-refractivity contribution in [1.82, 2.24) is 0 Å². The van der Waals surface area contributed by atoms with Crippen molar-refractivity contribution < 1.29 is 14.1 Å². The minimum absolute atomic E-state index is 0.171. The van der Waals surface area contributed by atoms with Gasteiger partial charge in [0.25, 0.3) is 0 Å². The number of nitrogens with zero attached hydrogens (tertiary/aromatic N) is 1. The molecule has 0 amide bonds. The molecule has 1 aromatic heterocycles. The van der Waals surface area contributed by atoms with Gasteiger partial charge in [-0.15, -0.1) is 0 Å². The van der Waals surface area contributed by atoms with E-state index in [0.29, 0.717) is 5.76 Å². The maximum atomic E-state index is 10.3. The van der Waals surface area contributed by atoms with E-state index in [1.54, 1.807) is 6.07 Å². The third-order valence-electron chi connectivity index (χ3n) is 2.42. The summed E-state index contributed by atoms with van der Waals surface area (Å²) in [4.78, 5) is 9.75. The molecule has 82 valence electrons. The molecule has 1 aromatic rings. The molecule has 0 saturated heterocycles. The van der Waals surface area contributed by atoms with Crippen LogP contribution < -0.4 is 5.73 Å². The van der Waals surface area contributed by atoms with Gasteiger partial charge < -0.3 is 14.9 Å². The second-order valence-corrected chi connectivity index (χ2v) is 3.66. The Balaban J connectivity index is 1.81. The van der Waals surface area contributed by atoms with E-state index in [1.807, 2.05) is 0 Å². The highest BCUT2D eigenvalue weighted by Crippen LogP contribution is 2.23. The molecule has 6 nitrogen and oxygen atoms in total. The normalized spacial score (nSPS) is 24.9. The third-order valence-corrected chi connectivity index (χ3v) is 2.42. The number of nitro groups is 1. The quantitative estimate of drug-likeness (QED) is 0.597. The summed E-state index contributed by atoms with van der Waals surface area (Å²) in [5, 5.41) is 10.3. The number of hydrogen-bond donors (Lipinski definition) is 1. The van der Waals surface area contributed by atoms with Crippen molar-refractivity contribution in [3.05, 3.63) is 28.0 Å². The first-order valence-electron chi connectivity index (χ1n) is 4.75. The Kier molecular flexibility index (Phi) is 2.70. The lowest BCUT2D eigenvalue weighted by Crippen LogP contribution is -2.41. The van der Waals surface area contributed by atoms with Crippen molar-refractivity contribution >= 4 is 5.88 Å². The highest BCUT2D eigenvalue weighted by atomic mass is 16.6. The van der Waals surface area contributed by atoms with Gasteiger partial charge in [-0.2, -0.15) is 0 Å². The molecular weight excluding hydrogens is 200 g/mol. The highest BCUT2D eigenvalue weighted by Gasteiger charge is 2.26. The largest absolute Gasteiger partial charge is 0.433 e. The Hall–Kier alpha value is -1.40. The maximum absolute atomic E-state index is 10.3. The Morgan fingerprint density at radius 2 is 2.33 bits per heavy atom. The van der Waals surface area contributed by atoms with Gasteiger partial charge >= 0.3 is 5.88 Å². The summed E-state index contributed by atoms with van der Waals surface area (Å²) in [6.07, 6.45) is 1.87. The molecule has 0 spiro atoms. The fourth-order valence-corrected chi connectivity index (χ4v) is 1.48. The molecule has 1 aliphatic rings. The van der Waals surface area contributed by atoms with Crippen LogP contribution in [0.3, 0.4) is 0 Å². The first kappa shape index (κ1) is 10.1. The van der Waals surface area contributed by atoms with Crippen molar-refractivity contribution in [3.63, 3.8) is 0 Å². The van der Waals surface area contributed by atoms with Crippen molar-refractivity contribution in [2.45, 2.75) is 31.6 Å². The first-order valence-corrected chi connectivity index (χ1v) is 4.75. The lowest BCUT2D eigenvalue weighted by molar-refractivity contribution is -0.402. The van der Waals surface area contributed by atoms with Crippen LogP contribution in [0.1, 0.15) is 18.6 Å².